The summed E-state index contributed by atoms with van der Waals surface area (Å²) in [6.45, 7) is 0.867. The smallest absolute Gasteiger partial charge is 0.328 e. The summed E-state index contributed by atoms with van der Waals surface area (Å²) in [4.78, 5) is 24.3. The van der Waals surface area contributed by atoms with Crippen molar-refractivity contribution in [3.63, 3.8) is 0 Å². The molecule has 20 heavy (non-hydrogen) atoms. The molecule has 2 rings (SSSR count). The zero-order valence-corrected chi connectivity index (χ0v) is 11.0. The summed E-state index contributed by atoms with van der Waals surface area (Å²) in [7, 11) is 0. The van der Waals surface area contributed by atoms with Gasteiger partial charge in [0.25, 0.3) is 0 Å². The minimum Gasteiger partial charge on any atom is -0.480 e. The molecule has 0 radical (unpaired) electrons. The second kappa shape index (κ2) is 7.02. The van der Waals surface area contributed by atoms with E-state index < -0.39 is 12.0 Å². The molecule has 1 fully saturated rings. The number of hydrogen-bond donors (Lipinski definition) is 1. The third-order valence-electron chi connectivity index (χ3n) is 3.07. The Morgan fingerprint density at radius 1 is 1.35 bits per heavy atom. The third-order valence-corrected chi connectivity index (χ3v) is 3.07. The van der Waals surface area contributed by atoms with Crippen molar-refractivity contribution in [2.24, 2.45) is 0 Å². The molecular weight excluding hydrogens is 262 g/mol. The van der Waals surface area contributed by atoms with E-state index in [9.17, 15) is 9.59 Å². The summed E-state index contributed by atoms with van der Waals surface area (Å²) in [6.07, 6.45) is 0. The molecule has 0 unspecified atom stereocenters. The molecule has 1 amide bonds. The van der Waals surface area contributed by atoms with Crippen LogP contribution in [0.15, 0.2) is 30.3 Å². The van der Waals surface area contributed by atoms with Crippen LogP contribution in [0.25, 0.3) is 0 Å². The molecule has 1 aromatic rings. The van der Waals surface area contributed by atoms with Crippen LogP contribution in [0.5, 0.6) is 0 Å². The number of benzene rings is 1. The maximum atomic E-state index is 12.0. The molecule has 0 bridgehead atoms. The molecule has 1 N–H and O–H groups in total. The number of hydrogen-bond acceptors (Lipinski definition) is 4. The standard InChI is InChI=1S/C14H17NO5/c16-13(10-20-8-11-4-2-1-3-5-11)15-6-7-19-9-12(15)14(17)18/h1-5,12H,6-10H2,(H,17,18)/t12-/m1/s1. The van der Waals surface area contributed by atoms with Crippen LogP contribution in [0.3, 0.4) is 0 Å². The average molecular weight is 279 g/mol. The molecule has 6 heteroatoms. The Labute approximate surface area is 116 Å². The average Bonchev–Trinajstić information content (AvgIpc) is 2.48. The monoisotopic (exact) mass is 279 g/mol. The number of morpholine rings is 1. The van der Waals surface area contributed by atoms with Gasteiger partial charge in [0.1, 0.15) is 6.61 Å². The van der Waals surface area contributed by atoms with Crippen LogP contribution in [-0.2, 0) is 25.7 Å². The molecule has 6 nitrogen and oxygen atoms in total. The van der Waals surface area contributed by atoms with Crippen molar-refractivity contribution in [1.29, 1.82) is 0 Å². The maximum absolute atomic E-state index is 12.0. The predicted octanol–water partition coefficient (Wildman–Crippen LogP) is 0.515. The lowest BCUT2D eigenvalue weighted by Gasteiger charge is -2.32. The molecule has 0 aliphatic carbocycles. The van der Waals surface area contributed by atoms with Crippen LogP contribution in [0.4, 0.5) is 0 Å². The summed E-state index contributed by atoms with van der Waals surface area (Å²) < 4.78 is 10.4. The highest BCUT2D eigenvalue weighted by atomic mass is 16.5. The molecular formula is C14H17NO5. The van der Waals surface area contributed by atoms with Gasteiger partial charge in [0.15, 0.2) is 6.04 Å². The lowest BCUT2D eigenvalue weighted by atomic mass is 10.2. The van der Waals surface area contributed by atoms with Crippen molar-refractivity contribution < 1.29 is 24.2 Å². The van der Waals surface area contributed by atoms with Gasteiger partial charge in [-0.3, -0.25) is 4.79 Å². The largest absolute Gasteiger partial charge is 0.480 e. The van der Waals surface area contributed by atoms with E-state index in [-0.39, 0.29) is 25.7 Å². The van der Waals surface area contributed by atoms with E-state index >= 15 is 0 Å². The van der Waals surface area contributed by atoms with Crippen molar-refractivity contribution in [3.8, 4) is 0 Å². The lowest BCUT2D eigenvalue weighted by molar-refractivity contribution is -0.160. The van der Waals surface area contributed by atoms with Crippen molar-refractivity contribution in [2.45, 2.75) is 12.6 Å². The van der Waals surface area contributed by atoms with Crippen LogP contribution < -0.4 is 0 Å². The summed E-state index contributed by atoms with van der Waals surface area (Å²) in [5, 5.41) is 9.05. The van der Waals surface area contributed by atoms with E-state index in [0.717, 1.165) is 5.56 Å². The van der Waals surface area contributed by atoms with Gasteiger partial charge in [-0.2, -0.15) is 0 Å². The zero-order valence-electron chi connectivity index (χ0n) is 11.0. The molecule has 0 saturated carbocycles. The Morgan fingerprint density at radius 3 is 2.80 bits per heavy atom. The molecule has 0 aromatic heterocycles. The van der Waals surface area contributed by atoms with Gasteiger partial charge < -0.3 is 19.5 Å². The Hall–Kier alpha value is -1.92. The van der Waals surface area contributed by atoms with Crippen LogP contribution >= 0.6 is 0 Å². The molecule has 108 valence electrons. The van der Waals surface area contributed by atoms with Gasteiger partial charge in [-0.1, -0.05) is 30.3 Å². The second-order valence-corrected chi connectivity index (χ2v) is 4.49. The first-order chi connectivity index (χ1) is 9.68. The molecule has 1 aliphatic heterocycles. The number of carboxylic acids is 1. The van der Waals surface area contributed by atoms with E-state index in [0.29, 0.717) is 13.2 Å². The fraction of sp³-hybridized carbons (Fsp3) is 0.429. The van der Waals surface area contributed by atoms with E-state index in [1.54, 1.807) is 0 Å². The molecule has 1 aromatic carbocycles. The topological polar surface area (TPSA) is 76.1 Å². The number of amides is 1. The molecule has 1 aliphatic rings. The van der Waals surface area contributed by atoms with Crippen molar-refractivity contribution in [1.82, 2.24) is 4.90 Å². The SMILES string of the molecule is O=C(O)[C@H]1COCCN1C(=O)COCc1ccccc1. The van der Waals surface area contributed by atoms with E-state index in [2.05, 4.69) is 0 Å². The van der Waals surface area contributed by atoms with Crippen molar-refractivity contribution in [3.05, 3.63) is 35.9 Å². The zero-order chi connectivity index (χ0) is 14.4. The molecule has 1 heterocycles. The highest BCUT2D eigenvalue weighted by Crippen LogP contribution is 2.08. The number of ether oxygens (including phenoxy) is 2. The fourth-order valence-electron chi connectivity index (χ4n) is 2.02. The van der Waals surface area contributed by atoms with E-state index in [4.69, 9.17) is 14.6 Å². The first-order valence-corrected chi connectivity index (χ1v) is 6.40. The van der Waals surface area contributed by atoms with Gasteiger partial charge in [0.05, 0.1) is 19.8 Å². The molecule has 0 spiro atoms. The van der Waals surface area contributed by atoms with Gasteiger partial charge in [0, 0.05) is 6.54 Å². The number of nitrogens with zero attached hydrogens (tertiary/aromatic N) is 1. The Morgan fingerprint density at radius 2 is 2.10 bits per heavy atom. The molecule has 1 atom stereocenters. The third kappa shape index (κ3) is 3.79. The van der Waals surface area contributed by atoms with Crippen molar-refractivity contribution >= 4 is 11.9 Å². The number of aliphatic carboxylic acids is 1. The Balaban J connectivity index is 1.83. The highest BCUT2D eigenvalue weighted by Gasteiger charge is 2.32. The van der Waals surface area contributed by atoms with Gasteiger partial charge in [-0.25, -0.2) is 4.79 Å². The normalized spacial score (nSPS) is 18.8. The van der Waals surface area contributed by atoms with Crippen LogP contribution in [0.1, 0.15) is 5.56 Å². The minimum atomic E-state index is -1.05. The first kappa shape index (κ1) is 14.5. The number of carbonyl (C=O) groups is 2. The fourth-order valence-corrected chi connectivity index (χ4v) is 2.02. The van der Waals surface area contributed by atoms with E-state index in [1.807, 2.05) is 30.3 Å². The van der Waals surface area contributed by atoms with Crippen LogP contribution in [0.2, 0.25) is 0 Å². The van der Waals surface area contributed by atoms with Crippen LogP contribution in [-0.4, -0.2) is 54.3 Å². The molecule has 1 saturated heterocycles. The number of carbonyl (C=O) groups excluding carboxylic acids is 1. The summed E-state index contributed by atoms with van der Waals surface area (Å²) in [6, 6.07) is 8.57. The minimum absolute atomic E-state index is 0.0275. The summed E-state index contributed by atoms with van der Waals surface area (Å²) >= 11 is 0. The second-order valence-electron chi connectivity index (χ2n) is 4.49. The summed E-state index contributed by atoms with van der Waals surface area (Å²) in [5.74, 6) is -1.38. The highest BCUT2D eigenvalue weighted by molar-refractivity contribution is 5.84. The Bertz CT molecular complexity index is 462. The summed E-state index contributed by atoms with van der Waals surface area (Å²) in [5.41, 5.74) is 0.970. The van der Waals surface area contributed by atoms with Gasteiger partial charge in [0.2, 0.25) is 5.91 Å². The van der Waals surface area contributed by atoms with Gasteiger partial charge in [-0.05, 0) is 5.56 Å². The van der Waals surface area contributed by atoms with Crippen molar-refractivity contribution in [2.75, 3.05) is 26.4 Å². The first-order valence-electron chi connectivity index (χ1n) is 6.40. The predicted molar refractivity (Wildman–Crippen MR) is 70.1 cm³/mol. The maximum Gasteiger partial charge on any atom is 0.328 e. The number of rotatable bonds is 5. The number of carboxylic acid groups (broad SMARTS) is 1. The van der Waals surface area contributed by atoms with Gasteiger partial charge in [-0.15, -0.1) is 0 Å². The Kier molecular flexibility index (Phi) is 5.09. The quantitative estimate of drug-likeness (QED) is 0.850. The van der Waals surface area contributed by atoms with Crippen LogP contribution in [0, 0.1) is 0 Å². The van der Waals surface area contributed by atoms with Gasteiger partial charge >= 0.3 is 5.97 Å². The van der Waals surface area contributed by atoms with E-state index in [1.165, 1.54) is 4.90 Å². The lowest BCUT2D eigenvalue weighted by Crippen LogP contribution is -2.53.